The van der Waals surface area contributed by atoms with Gasteiger partial charge in [0, 0.05) is 11.0 Å². The molecule has 0 fully saturated rings. The third-order valence-electron chi connectivity index (χ3n) is 4.45. The third kappa shape index (κ3) is 10.9. The minimum atomic E-state index is 1.10. The SMILES string of the molecule is CCCCCCCN(CCCCCCC)Cc1cccc(Br)c1. The van der Waals surface area contributed by atoms with Gasteiger partial charge in [-0.2, -0.15) is 0 Å². The molecule has 1 aromatic rings. The second kappa shape index (κ2) is 14.0. The fourth-order valence-corrected chi connectivity index (χ4v) is 3.49. The Kier molecular flexibility index (Phi) is 12.6. The smallest absolute Gasteiger partial charge is 0.0234 e. The van der Waals surface area contributed by atoms with E-state index in [1.807, 2.05) is 0 Å². The molecule has 0 atom stereocenters. The predicted octanol–water partition coefficient (Wildman–Crippen LogP) is 7.19. The van der Waals surface area contributed by atoms with Crippen LogP contribution in [0, 0.1) is 0 Å². The van der Waals surface area contributed by atoms with Crippen molar-refractivity contribution in [2.24, 2.45) is 0 Å². The van der Waals surface area contributed by atoms with E-state index in [0.29, 0.717) is 0 Å². The first kappa shape index (κ1) is 20.7. The average molecular weight is 382 g/mol. The number of hydrogen-bond acceptors (Lipinski definition) is 1. The topological polar surface area (TPSA) is 3.24 Å². The van der Waals surface area contributed by atoms with Crippen LogP contribution in [0.5, 0.6) is 0 Å². The Morgan fingerprint density at radius 1 is 0.783 bits per heavy atom. The monoisotopic (exact) mass is 381 g/mol. The molecule has 0 aliphatic heterocycles. The molecule has 0 N–H and O–H groups in total. The van der Waals surface area contributed by atoms with E-state index in [1.54, 1.807) is 0 Å². The molecular formula is C21H36BrN. The van der Waals surface area contributed by atoms with Gasteiger partial charge in [0.15, 0.2) is 0 Å². The molecule has 0 amide bonds. The molecule has 0 aliphatic carbocycles. The van der Waals surface area contributed by atoms with E-state index in [-0.39, 0.29) is 0 Å². The average Bonchev–Trinajstić information content (AvgIpc) is 2.54. The van der Waals surface area contributed by atoms with E-state index in [4.69, 9.17) is 0 Å². The van der Waals surface area contributed by atoms with E-state index in [1.165, 1.54) is 87.3 Å². The van der Waals surface area contributed by atoms with Crippen molar-refractivity contribution in [1.82, 2.24) is 4.90 Å². The summed E-state index contributed by atoms with van der Waals surface area (Å²) in [6.07, 6.45) is 13.7. The zero-order chi connectivity index (χ0) is 16.8. The summed E-state index contributed by atoms with van der Waals surface area (Å²) in [4.78, 5) is 2.67. The van der Waals surface area contributed by atoms with Crippen molar-refractivity contribution >= 4 is 15.9 Å². The van der Waals surface area contributed by atoms with Crippen molar-refractivity contribution in [2.75, 3.05) is 13.1 Å². The molecule has 0 saturated carbocycles. The molecule has 1 aromatic carbocycles. The maximum Gasteiger partial charge on any atom is 0.0234 e. The van der Waals surface area contributed by atoms with Crippen molar-refractivity contribution in [3.05, 3.63) is 34.3 Å². The first-order valence-corrected chi connectivity index (χ1v) is 10.5. The van der Waals surface area contributed by atoms with Gasteiger partial charge in [-0.3, -0.25) is 4.90 Å². The van der Waals surface area contributed by atoms with Crippen molar-refractivity contribution in [3.8, 4) is 0 Å². The maximum absolute atomic E-state index is 3.60. The summed E-state index contributed by atoms with van der Waals surface area (Å²) in [6.45, 7) is 8.18. The Labute approximate surface area is 153 Å². The summed E-state index contributed by atoms with van der Waals surface area (Å²) in [5.74, 6) is 0. The van der Waals surface area contributed by atoms with Gasteiger partial charge < -0.3 is 0 Å². The Bertz CT molecular complexity index is 377. The van der Waals surface area contributed by atoms with Crippen LogP contribution in [0.3, 0.4) is 0 Å². The van der Waals surface area contributed by atoms with E-state index < -0.39 is 0 Å². The molecule has 2 heteroatoms. The molecule has 0 radical (unpaired) electrons. The van der Waals surface area contributed by atoms with Crippen LogP contribution in [0.2, 0.25) is 0 Å². The highest BCUT2D eigenvalue weighted by molar-refractivity contribution is 9.10. The lowest BCUT2D eigenvalue weighted by Crippen LogP contribution is -2.25. The minimum Gasteiger partial charge on any atom is -0.299 e. The molecule has 0 saturated heterocycles. The number of hydrogen-bond donors (Lipinski definition) is 0. The van der Waals surface area contributed by atoms with Gasteiger partial charge in [-0.15, -0.1) is 0 Å². The third-order valence-corrected chi connectivity index (χ3v) is 4.94. The molecule has 0 unspecified atom stereocenters. The Hall–Kier alpha value is -0.340. The van der Waals surface area contributed by atoms with Gasteiger partial charge in [0.2, 0.25) is 0 Å². The number of unbranched alkanes of at least 4 members (excludes halogenated alkanes) is 8. The quantitative estimate of drug-likeness (QED) is 0.308. The molecule has 1 rings (SSSR count). The van der Waals surface area contributed by atoms with Gasteiger partial charge in [0.05, 0.1) is 0 Å². The molecule has 132 valence electrons. The highest BCUT2D eigenvalue weighted by atomic mass is 79.9. The predicted molar refractivity (Wildman–Crippen MR) is 107 cm³/mol. The summed E-state index contributed by atoms with van der Waals surface area (Å²) in [6, 6.07) is 8.79. The lowest BCUT2D eigenvalue weighted by Gasteiger charge is -2.22. The highest BCUT2D eigenvalue weighted by Gasteiger charge is 2.06. The summed E-state index contributed by atoms with van der Waals surface area (Å²) in [5, 5.41) is 0. The van der Waals surface area contributed by atoms with Crippen molar-refractivity contribution < 1.29 is 0 Å². The number of rotatable bonds is 14. The van der Waals surface area contributed by atoms with Crippen LogP contribution in [0.4, 0.5) is 0 Å². The first-order valence-electron chi connectivity index (χ1n) is 9.73. The standard InChI is InChI=1S/C21H36BrN/c1-3-5-7-9-11-16-23(17-12-10-8-6-4-2)19-20-14-13-15-21(22)18-20/h13-15,18H,3-12,16-17,19H2,1-2H3. The maximum atomic E-state index is 3.60. The molecule has 0 heterocycles. The van der Waals surface area contributed by atoms with Gasteiger partial charge in [-0.25, -0.2) is 0 Å². The van der Waals surface area contributed by atoms with Crippen molar-refractivity contribution in [1.29, 1.82) is 0 Å². The second-order valence-corrected chi connectivity index (χ2v) is 7.65. The van der Waals surface area contributed by atoms with Gasteiger partial charge in [-0.1, -0.05) is 93.3 Å². The van der Waals surface area contributed by atoms with Gasteiger partial charge in [-0.05, 0) is 43.6 Å². The van der Waals surface area contributed by atoms with Crippen LogP contribution in [0.15, 0.2) is 28.7 Å². The molecule has 0 bridgehead atoms. The summed E-state index contributed by atoms with van der Waals surface area (Å²) in [7, 11) is 0. The van der Waals surface area contributed by atoms with E-state index in [9.17, 15) is 0 Å². The fourth-order valence-electron chi connectivity index (χ4n) is 3.04. The van der Waals surface area contributed by atoms with Crippen molar-refractivity contribution in [2.45, 2.75) is 84.6 Å². The lowest BCUT2D eigenvalue weighted by molar-refractivity contribution is 0.252. The largest absolute Gasteiger partial charge is 0.299 e. The molecule has 0 aliphatic rings. The van der Waals surface area contributed by atoms with Crippen LogP contribution >= 0.6 is 15.9 Å². The van der Waals surface area contributed by atoms with Crippen LogP contribution in [-0.4, -0.2) is 18.0 Å². The number of nitrogens with zero attached hydrogens (tertiary/aromatic N) is 1. The summed E-state index contributed by atoms with van der Waals surface area (Å²) < 4.78 is 1.20. The molecule has 23 heavy (non-hydrogen) atoms. The van der Waals surface area contributed by atoms with Crippen LogP contribution in [0.25, 0.3) is 0 Å². The van der Waals surface area contributed by atoms with E-state index in [2.05, 4.69) is 58.9 Å². The Balaban J connectivity index is 2.37. The summed E-state index contributed by atoms with van der Waals surface area (Å²) >= 11 is 3.60. The van der Waals surface area contributed by atoms with Crippen LogP contribution in [0.1, 0.15) is 83.6 Å². The minimum absolute atomic E-state index is 1.10. The van der Waals surface area contributed by atoms with Crippen LogP contribution in [-0.2, 0) is 6.54 Å². The number of halogens is 1. The zero-order valence-corrected chi connectivity index (χ0v) is 16.9. The lowest BCUT2D eigenvalue weighted by atomic mass is 10.1. The number of benzene rings is 1. The Morgan fingerprint density at radius 2 is 1.35 bits per heavy atom. The zero-order valence-electron chi connectivity index (χ0n) is 15.3. The molecule has 0 aromatic heterocycles. The van der Waals surface area contributed by atoms with E-state index >= 15 is 0 Å². The van der Waals surface area contributed by atoms with Gasteiger partial charge in [0.1, 0.15) is 0 Å². The van der Waals surface area contributed by atoms with Crippen LogP contribution < -0.4 is 0 Å². The van der Waals surface area contributed by atoms with Crippen molar-refractivity contribution in [3.63, 3.8) is 0 Å². The second-order valence-electron chi connectivity index (χ2n) is 6.73. The summed E-state index contributed by atoms with van der Waals surface area (Å²) in [5.41, 5.74) is 1.43. The highest BCUT2D eigenvalue weighted by Crippen LogP contribution is 2.15. The first-order chi connectivity index (χ1) is 11.3. The van der Waals surface area contributed by atoms with E-state index in [0.717, 1.165) is 6.54 Å². The van der Waals surface area contributed by atoms with Gasteiger partial charge >= 0.3 is 0 Å². The molecule has 0 spiro atoms. The molecular weight excluding hydrogens is 346 g/mol. The normalized spacial score (nSPS) is 11.3. The fraction of sp³-hybridized carbons (Fsp3) is 0.714. The molecule has 1 nitrogen and oxygen atoms in total. The van der Waals surface area contributed by atoms with Gasteiger partial charge in [0.25, 0.3) is 0 Å². The Morgan fingerprint density at radius 3 is 1.87 bits per heavy atom.